The van der Waals surface area contributed by atoms with Crippen molar-refractivity contribution in [1.82, 2.24) is 4.98 Å². The number of carbonyl (C=O) groups excluding carboxylic acids is 1. The topological polar surface area (TPSA) is 88.6 Å². The first kappa shape index (κ1) is 23.5. The van der Waals surface area contributed by atoms with Crippen LogP contribution in [-0.2, 0) is 16.2 Å². The van der Waals surface area contributed by atoms with Crippen LogP contribution in [0.5, 0.6) is 5.88 Å². The highest BCUT2D eigenvalue weighted by atomic mass is 32.2. The molecule has 2 heterocycles. The molecule has 7 nitrogen and oxygen atoms in total. The summed E-state index contributed by atoms with van der Waals surface area (Å²) in [7, 11) is -4.04. The summed E-state index contributed by atoms with van der Waals surface area (Å²) in [5.41, 5.74) is -2.07. The molecule has 0 saturated carbocycles. The first-order valence-electron chi connectivity index (χ1n) is 9.88. The van der Waals surface area contributed by atoms with Gasteiger partial charge in [-0.3, -0.25) is 9.10 Å². The Morgan fingerprint density at radius 2 is 1.88 bits per heavy atom. The lowest BCUT2D eigenvalue weighted by Gasteiger charge is -2.30. The van der Waals surface area contributed by atoms with Gasteiger partial charge in [0.15, 0.2) is 0 Å². The number of benzene rings is 2. The fourth-order valence-corrected chi connectivity index (χ4v) is 5.03. The summed E-state index contributed by atoms with van der Waals surface area (Å²) in [6, 6.07) is 9.60. The van der Waals surface area contributed by atoms with Crippen molar-refractivity contribution in [3.63, 3.8) is 0 Å². The highest BCUT2D eigenvalue weighted by Gasteiger charge is 2.37. The molecule has 0 radical (unpaired) electrons. The van der Waals surface area contributed by atoms with E-state index in [2.05, 4.69) is 10.3 Å². The van der Waals surface area contributed by atoms with E-state index in [0.29, 0.717) is 6.07 Å². The molecule has 178 valence electrons. The molecule has 0 saturated heterocycles. The van der Waals surface area contributed by atoms with Crippen molar-refractivity contribution < 1.29 is 35.5 Å². The first-order chi connectivity index (χ1) is 16.0. The molecule has 4 rings (SSSR count). The molecule has 0 fully saturated rings. The highest BCUT2D eigenvalue weighted by Crippen LogP contribution is 2.37. The summed E-state index contributed by atoms with van der Waals surface area (Å²) in [6.07, 6.45) is -3.89. The Morgan fingerprint density at radius 1 is 1.15 bits per heavy atom. The number of aryl methyl sites for hydroxylation is 1. The van der Waals surface area contributed by atoms with E-state index in [-0.39, 0.29) is 35.3 Å². The maximum absolute atomic E-state index is 14.2. The van der Waals surface area contributed by atoms with Crippen molar-refractivity contribution in [1.29, 1.82) is 0 Å². The lowest BCUT2D eigenvalue weighted by Crippen LogP contribution is -2.38. The molecule has 1 amide bonds. The molecule has 0 spiro atoms. The monoisotopic (exact) mass is 495 g/mol. The van der Waals surface area contributed by atoms with Crippen LogP contribution < -0.4 is 14.4 Å². The van der Waals surface area contributed by atoms with Crippen molar-refractivity contribution in [2.45, 2.75) is 18.0 Å². The van der Waals surface area contributed by atoms with E-state index in [4.69, 9.17) is 4.74 Å². The number of alkyl halides is 3. The Kier molecular flexibility index (Phi) is 5.94. The first-order valence-corrected chi connectivity index (χ1v) is 11.3. The SMILES string of the molecule is Cc1cccc(S(=O)(=O)N2CCOc3ncc(NC(=O)c4c(F)cccc4C(F)(F)F)cc32)c1. The average molecular weight is 495 g/mol. The van der Waals surface area contributed by atoms with Gasteiger partial charge in [-0.15, -0.1) is 0 Å². The van der Waals surface area contributed by atoms with Gasteiger partial charge in [0.1, 0.15) is 18.1 Å². The molecule has 0 unspecified atom stereocenters. The summed E-state index contributed by atoms with van der Waals surface area (Å²) >= 11 is 0. The van der Waals surface area contributed by atoms with Crippen LogP contribution in [0.4, 0.5) is 28.9 Å². The molecule has 1 aromatic heterocycles. The number of aromatic nitrogens is 1. The molecular formula is C22H17F4N3O4S. The molecule has 0 bridgehead atoms. The van der Waals surface area contributed by atoms with Gasteiger partial charge in [0, 0.05) is 0 Å². The van der Waals surface area contributed by atoms with Crippen LogP contribution in [0.1, 0.15) is 21.5 Å². The van der Waals surface area contributed by atoms with Crippen molar-refractivity contribution in [3.05, 3.63) is 77.2 Å². The molecule has 0 atom stereocenters. The van der Waals surface area contributed by atoms with Gasteiger partial charge in [0.2, 0.25) is 5.88 Å². The number of pyridine rings is 1. The minimum absolute atomic E-state index is 0.0148. The van der Waals surface area contributed by atoms with Crippen LogP contribution in [-0.4, -0.2) is 32.5 Å². The Labute approximate surface area is 192 Å². The zero-order chi connectivity index (χ0) is 24.7. The molecular weight excluding hydrogens is 478 g/mol. The number of rotatable bonds is 4. The molecule has 1 N–H and O–H groups in total. The zero-order valence-corrected chi connectivity index (χ0v) is 18.4. The van der Waals surface area contributed by atoms with E-state index < -0.39 is 39.1 Å². The molecule has 34 heavy (non-hydrogen) atoms. The predicted octanol–water partition coefficient (Wildman–Crippen LogP) is 4.39. The lowest BCUT2D eigenvalue weighted by atomic mass is 10.1. The van der Waals surface area contributed by atoms with Crippen LogP contribution >= 0.6 is 0 Å². The van der Waals surface area contributed by atoms with E-state index in [1.165, 1.54) is 18.2 Å². The fourth-order valence-electron chi connectivity index (χ4n) is 3.48. The number of halogens is 4. The number of hydrogen-bond donors (Lipinski definition) is 1. The normalized spacial score (nSPS) is 13.7. The van der Waals surface area contributed by atoms with Gasteiger partial charge >= 0.3 is 6.18 Å². The van der Waals surface area contributed by atoms with Gasteiger partial charge in [-0.05, 0) is 42.8 Å². The second-order valence-electron chi connectivity index (χ2n) is 7.40. The summed E-state index contributed by atoms with van der Waals surface area (Å²) in [6.45, 7) is 1.69. The smallest absolute Gasteiger partial charge is 0.417 e. The number of hydrogen-bond acceptors (Lipinski definition) is 5. The Morgan fingerprint density at radius 3 is 2.59 bits per heavy atom. The minimum Gasteiger partial charge on any atom is -0.474 e. The highest BCUT2D eigenvalue weighted by molar-refractivity contribution is 7.92. The van der Waals surface area contributed by atoms with Crippen molar-refractivity contribution in [2.75, 3.05) is 22.8 Å². The number of sulfonamides is 1. The van der Waals surface area contributed by atoms with Gasteiger partial charge in [0.25, 0.3) is 15.9 Å². The van der Waals surface area contributed by atoms with Crippen LogP contribution in [0.15, 0.2) is 59.6 Å². The largest absolute Gasteiger partial charge is 0.474 e. The van der Waals surface area contributed by atoms with Gasteiger partial charge < -0.3 is 10.1 Å². The predicted molar refractivity (Wildman–Crippen MR) is 115 cm³/mol. The van der Waals surface area contributed by atoms with E-state index >= 15 is 0 Å². The van der Waals surface area contributed by atoms with Gasteiger partial charge in [-0.1, -0.05) is 18.2 Å². The molecule has 2 aromatic carbocycles. The molecule has 1 aliphatic rings. The number of ether oxygens (including phenoxy) is 1. The van der Waals surface area contributed by atoms with E-state index in [0.717, 1.165) is 28.2 Å². The Bertz CT molecular complexity index is 1380. The fraction of sp³-hybridized carbons (Fsp3) is 0.182. The Balaban J connectivity index is 1.70. The second kappa shape index (κ2) is 8.60. The standard InChI is InChI=1S/C22H17F4N3O4S/c1-13-4-2-5-15(10-13)34(31,32)29-8-9-33-21-18(29)11-14(12-27-21)28-20(30)19-16(22(24,25)26)6-3-7-17(19)23/h2-7,10-12H,8-9H2,1H3,(H,28,30). The quantitative estimate of drug-likeness (QED) is 0.543. The van der Waals surface area contributed by atoms with Gasteiger partial charge in [0.05, 0.1) is 34.5 Å². The third-order valence-electron chi connectivity index (χ3n) is 5.02. The minimum atomic E-state index is -4.96. The number of nitrogens with one attached hydrogen (secondary N) is 1. The lowest BCUT2D eigenvalue weighted by molar-refractivity contribution is -0.138. The second-order valence-corrected chi connectivity index (χ2v) is 9.27. The third kappa shape index (κ3) is 4.40. The molecule has 3 aromatic rings. The number of fused-ring (bicyclic) bond motifs is 1. The third-order valence-corrected chi connectivity index (χ3v) is 6.82. The van der Waals surface area contributed by atoms with E-state index in [1.807, 2.05) is 0 Å². The molecule has 0 aliphatic carbocycles. The van der Waals surface area contributed by atoms with Crippen molar-refractivity contribution >= 4 is 27.3 Å². The summed E-state index contributed by atoms with van der Waals surface area (Å²) in [4.78, 5) is 16.6. The van der Waals surface area contributed by atoms with E-state index in [9.17, 15) is 30.8 Å². The van der Waals surface area contributed by atoms with E-state index in [1.54, 1.807) is 19.1 Å². The van der Waals surface area contributed by atoms with Crippen LogP contribution in [0, 0.1) is 12.7 Å². The summed E-state index contributed by atoms with van der Waals surface area (Å²) in [5.74, 6) is -2.76. The van der Waals surface area contributed by atoms with Crippen LogP contribution in [0.3, 0.4) is 0 Å². The maximum Gasteiger partial charge on any atom is 0.417 e. The maximum atomic E-state index is 14.2. The number of amides is 1. The summed E-state index contributed by atoms with van der Waals surface area (Å²) in [5, 5.41) is 2.16. The molecule has 12 heteroatoms. The number of carbonyl (C=O) groups is 1. The van der Waals surface area contributed by atoms with Crippen molar-refractivity contribution in [3.8, 4) is 5.88 Å². The van der Waals surface area contributed by atoms with Gasteiger partial charge in [-0.2, -0.15) is 13.2 Å². The zero-order valence-electron chi connectivity index (χ0n) is 17.6. The Hall–Kier alpha value is -3.67. The number of nitrogens with zero attached hydrogens (tertiary/aromatic N) is 2. The summed E-state index contributed by atoms with van der Waals surface area (Å²) < 4.78 is 86.9. The van der Waals surface area contributed by atoms with Crippen LogP contribution in [0.2, 0.25) is 0 Å². The molecule has 1 aliphatic heterocycles. The van der Waals surface area contributed by atoms with Crippen molar-refractivity contribution in [2.24, 2.45) is 0 Å². The van der Waals surface area contributed by atoms with Gasteiger partial charge in [-0.25, -0.2) is 17.8 Å². The van der Waals surface area contributed by atoms with Crippen LogP contribution in [0.25, 0.3) is 0 Å². The number of anilines is 2. The average Bonchev–Trinajstić information content (AvgIpc) is 2.77.